The molecule has 112 valence electrons. The third kappa shape index (κ3) is 5.34. The Morgan fingerprint density at radius 1 is 1.40 bits per heavy atom. The molecule has 1 aromatic rings. The number of rotatable bonds is 8. The average Bonchev–Trinajstić information content (AvgIpc) is 2.34. The van der Waals surface area contributed by atoms with Crippen molar-refractivity contribution < 1.29 is 13.3 Å². The van der Waals surface area contributed by atoms with Gasteiger partial charge in [0.25, 0.3) is 0 Å². The first-order valence-corrected chi connectivity index (χ1v) is 8.06. The summed E-state index contributed by atoms with van der Waals surface area (Å²) in [5.41, 5.74) is -0.244. The molecule has 0 amide bonds. The predicted molar refractivity (Wildman–Crippen MR) is 75.7 cm³/mol. The van der Waals surface area contributed by atoms with E-state index in [0.29, 0.717) is 13.0 Å². The standard InChI is InChI=1S/C10H17N5O4S/c1-3-11-10-13-7-8(15(16)17)9(14-10)12-5-4-6-20(2,18)19/h7H,3-6H2,1-2H3,(H2,11,12,13,14). The van der Waals surface area contributed by atoms with Crippen molar-refractivity contribution >= 4 is 27.3 Å². The van der Waals surface area contributed by atoms with Gasteiger partial charge in [0.1, 0.15) is 16.0 Å². The number of hydrogen-bond donors (Lipinski definition) is 2. The van der Waals surface area contributed by atoms with E-state index < -0.39 is 14.8 Å². The zero-order valence-corrected chi connectivity index (χ0v) is 12.1. The predicted octanol–water partition coefficient (Wildman–Crippen LogP) is 0.663. The van der Waals surface area contributed by atoms with Gasteiger partial charge >= 0.3 is 5.69 Å². The molecule has 0 aromatic carbocycles. The van der Waals surface area contributed by atoms with Crippen LogP contribution in [-0.2, 0) is 9.84 Å². The van der Waals surface area contributed by atoms with Crippen molar-refractivity contribution in [2.75, 3.05) is 35.7 Å². The molecule has 0 radical (unpaired) electrons. The minimum absolute atomic E-state index is 0.0128. The summed E-state index contributed by atoms with van der Waals surface area (Å²) in [5.74, 6) is 0.372. The fraction of sp³-hybridized carbons (Fsp3) is 0.600. The topological polar surface area (TPSA) is 127 Å². The van der Waals surface area contributed by atoms with Crippen LogP contribution in [0.5, 0.6) is 0 Å². The molecule has 0 aliphatic heterocycles. The molecule has 0 aliphatic carbocycles. The van der Waals surface area contributed by atoms with E-state index in [9.17, 15) is 18.5 Å². The van der Waals surface area contributed by atoms with E-state index in [1.165, 1.54) is 0 Å². The largest absolute Gasteiger partial charge is 0.364 e. The molecule has 9 nitrogen and oxygen atoms in total. The third-order valence-electron chi connectivity index (χ3n) is 2.29. The Kier molecular flexibility index (Phi) is 5.62. The van der Waals surface area contributed by atoms with Gasteiger partial charge in [-0.2, -0.15) is 4.98 Å². The molecule has 0 unspecified atom stereocenters. The maximum absolute atomic E-state index is 11.0. The fourth-order valence-electron chi connectivity index (χ4n) is 1.42. The number of hydrogen-bond acceptors (Lipinski definition) is 8. The van der Waals surface area contributed by atoms with E-state index in [2.05, 4.69) is 20.6 Å². The van der Waals surface area contributed by atoms with Gasteiger partial charge in [0.05, 0.1) is 10.7 Å². The Morgan fingerprint density at radius 3 is 2.65 bits per heavy atom. The van der Waals surface area contributed by atoms with Crippen LogP contribution in [-0.4, -0.2) is 48.4 Å². The van der Waals surface area contributed by atoms with Gasteiger partial charge < -0.3 is 10.6 Å². The number of nitro groups is 1. The van der Waals surface area contributed by atoms with Crippen LogP contribution in [0.25, 0.3) is 0 Å². The number of sulfone groups is 1. The highest BCUT2D eigenvalue weighted by Gasteiger charge is 2.16. The molecule has 2 N–H and O–H groups in total. The monoisotopic (exact) mass is 303 g/mol. The summed E-state index contributed by atoms with van der Waals surface area (Å²) in [6.45, 7) is 2.71. The first-order chi connectivity index (χ1) is 9.33. The molecular weight excluding hydrogens is 286 g/mol. The molecule has 0 saturated carbocycles. The lowest BCUT2D eigenvalue weighted by atomic mass is 10.4. The van der Waals surface area contributed by atoms with Crippen LogP contribution in [0, 0.1) is 10.1 Å². The highest BCUT2D eigenvalue weighted by molar-refractivity contribution is 7.90. The van der Waals surface area contributed by atoms with Gasteiger partial charge in [0.2, 0.25) is 11.8 Å². The molecule has 0 atom stereocenters. The smallest absolute Gasteiger partial charge is 0.329 e. The fourth-order valence-corrected chi connectivity index (χ4v) is 2.09. The van der Waals surface area contributed by atoms with Gasteiger partial charge in [-0.05, 0) is 13.3 Å². The molecule has 20 heavy (non-hydrogen) atoms. The van der Waals surface area contributed by atoms with Gasteiger partial charge in [0, 0.05) is 19.3 Å². The molecular formula is C10H17N5O4S. The third-order valence-corrected chi connectivity index (χ3v) is 3.32. The van der Waals surface area contributed by atoms with Crippen molar-refractivity contribution in [1.82, 2.24) is 9.97 Å². The quantitative estimate of drug-likeness (QED) is 0.407. The Bertz CT molecular complexity index is 575. The Morgan fingerprint density at radius 2 is 2.10 bits per heavy atom. The van der Waals surface area contributed by atoms with Crippen LogP contribution < -0.4 is 10.6 Å². The zero-order chi connectivity index (χ0) is 15.2. The molecule has 0 fully saturated rings. The van der Waals surface area contributed by atoms with Crippen molar-refractivity contribution in [1.29, 1.82) is 0 Å². The van der Waals surface area contributed by atoms with Crippen molar-refractivity contribution in [3.8, 4) is 0 Å². The second kappa shape index (κ2) is 6.98. The summed E-state index contributed by atoms with van der Waals surface area (Å²) < 4.78 is 22.0. The molecule has 1 aromatic heterocycles. The van der Waals surface area contributed by atoms with Crippen molar-refractivity contribution in [3.63, 3.8) is 0 Å². The normalized spacial score (nSPS) is 11.1. The Hall–Kier alpha value is -1.97. The van der Waals surface area contributed by atoms with Gasteiger partial charge in [0.15, 0.2) is 0 Å². The van der Waals surface area contributed by atoms with Gasteiger partial charge in [-0.3, -0.25) is 10.1 Å². The second-order valence-corrected chi connectivity index (χ2v) is 6.38. The molecule has 0 saturated heterocycles. The minimum Gasteiger partial charge on any atom is -0.364 e. The molecule has 10 heteroatoms. The Balaban J connectivity index is 2.74. The summed E-state index contributed by atoms with van der Waals surface area (Å²) in [4.78, 5) is 18.1. The second-order valence-electron chi connectivity index (χ2n) is 4.13. The maximum atomic E-state index is 11.0. The number of nitrogens with one attached hydrogen (secondary N) is 2. The summed E-state index contributed by atoms with van der Waals surface area (Å²) in [7, 11) is -3.04. The molecule has 0 spiro atoms. The first kappa shape index (κ1) is 16.1. The zero-order valence-electron chi connectivity index (χ0n) is 11.3. The van der Waals surface area contributed by atoms with Crippen molar-refractivity contribution in [3.05, 3.63) is 16.3 Å². The summed E-state index contributed by atoms with van der Waals surface area (Å²) in [6, 6.07) is 0. The lowest BCUT2D eigenvalue weighted by Crippen LogP contribution is -2.13. The average molecular weight is 303 g/mol. The molecule has 0 bridgehead atoms. The van der Waals surface area contributed by atoms with E-state index in [-0.39, 0.29) is 29.8 Å². The van der Waals surface area contributed by atoms with Crippen LogP contribution in [0.1, 0.15) is 13.3 Å². The Labute approximate surface area is 116 Å². The summed E-state index contributed by atoms with van der Waals surface area (Å²) >= 11 is 0. The minimum atomic E-state index is -3.04. The lowest BCUT2D eigenvalue weighted by molar-refractivity contribution is -0.384. The van der Waals surface area contributed by atoms with Crippen molar-refractivity contribution in [2.24, 2.45) is 0 Å². The van der Waals surface area contributed by atoms with Crippen molar-refractivity contribution in [2.45, 2.75) is 13.3 Å². The molecule has 0 aliphatic rings. The van der Waals surface area contributed by atoms with Crippen LogP contribution in [0.3, 0.4) is 0 Å². The molecule has 1 heterocycles. The highest BCUT2D eigenvalue weighted by Crippen LogP contribution is 2.21. The van der Waals surface area contributed by atoms with E-state index in [4.69, 9.17) is 0 Å². The van der Waals surface area contributed by atoms with Crippen LogP contribution in [0.15, 0.2) is 6.20 Å². The number of aromatic nitrogens is 2. The van der Waals surface area contributed by atoms with E-state index in [0.717, 1.165) is 12.5 Å². The van der Waals surface area contributed by atoms with E-state index >= 15 is 0 Å². The van der Waals surface area contributed by atoms with Gasteiger partial charge in [-0.15, -0.1) is 0 Å². The summed E-state index contributed by atoms with van der Waals surface area (Å²) in [6.07, 6.45) is 2.60. The number of nitrogens with zero attached hydrogens (tertiary/aromatic N) is 3. The van der Waals surface area contributed by atoms with Gasteiger partial charge in [-0.25, -0.2) is 13.4 Å². The van der Waals surface area contributed by atoms with Crippen LogP contribution in [0.4, 0.5) is 17.5 Å². The van der Waals surface area contributed by atoms with Crippen LogP contribution >= 0.6 is 0 Å². The summed E-state index contributed by atoms with van der Waals surface area (Å²) in [5, 5.41) is 16.5. The highest BCUT2D eigenvalue weighted by atomic mass is 32.2. The number of anilines is 2. The first-order valence-electron chi connectivity index (χ1n) is 6.00. The van der Waals surface area contributed by atoms with E-state index in [1.807, 2.05) is 6.92 Å². The maximum Gasteiger partial charge on any atom is 0.329 e. The molecule has 1 rings (SSSR count). The van der Waals surface area contributed by atoms with Crippen LogP contribution in [0.2, 0.25) is 0 Å². The van der Waals surface area contributed by atoms with Gasteiger partial charge in [-0.1, -0.05) is 0 Å². The van der Waals surface area contributed by atoms with E-state index in [1.54, 1.807) is 0 Å². The lowest BCUT2D eigenvalue weighted by Gasteiger charge is -2.07. The SMILES string of the molecule is CCNc1ncc([N+](=O)[O-])c(NCCCS(C)(=O)=O)n1.